The van der Waals surface area contributed by atoms with Crippen molar-refractivity contribution in [2.45, 2.75) is 13.3 Å². The average Bonchev–Trinajstić information content (AvgIpc) is 2.29. The highest BCUT2D eigenvalue weighted by molar-refractivity contribution is 5.94. The van der Waals surface area contributed by atoms with Crippen LogP contribution in [0.2, 0.25) is 0 Å². The SMILES string of the molecule is C=CCN(CCC)c1ccccc1C(=O)O. The van der Waals surface area contributed by atoms with Gasteiger partial charge >= 0.3 is 5.97 Å². The molecule has 0 unspecified atom stereocenters. The molecule has 0 aliphatic carbocycles. The molecule has 1 N–H and O–H groups in total. The molecule has 0 aromatic heterocycles. The molecule has 0 aliphatic heterocycles. The van der Waals surface area contributed by atoms with Gasteiger partial charge in [-0.3, -0.25) is 0 Å². The number of hydrogen-bond donors (Lipinski definition) is 1. The lowest BCUT2D eigenvalue weighted by Gasteiger charge is -2.24. The van der Waals surface area contributed by atoms with E-state index in [2.05, 4.69) is 13.5 Å². The zero-order chi connectivity index (χ0) is 12.0. The molecular weight excluding hydrogens is 202 g/mol. The zero-order valence-electron chi connectivity index (χ0n) is 9.52. The van der Waals surface area contributed by atoms with E-state index in [9.17, 15) is 4.79 Å². The number of carboxylic acid groups (broad SMARTS) is 1. The van der Waals surface area contributed by atoms with Crippen LogP contribution in [0.5, 0.6) is 0 Å². The molecular formula is C13H17NO2. The van der Waals surface area contributed by atoms with E-state index < -0.39 is 5.97 Å². The van der Waals surface area contributed by atoms with Crippen molar-refractivity contribution in [3.8, 4) is 0 Å². The molecule has 0 fully saturated rings. The van der Waals surface area contributed by atoms with Gasteiger partial charge in [0.05, 0.1) is 11.3 Å². The van der Waals surface area contributed by atoms with Gasteiger partial charge in [0.1, 0.15) is 0 Å². The number of para-hydroxylation sites is 1. The van der Waals surface area contributed by atoms with Crippen LogP contribution in [-0.2, 0) is 0 Å². The molecule has 0 heterocycles. The van der Waals surface area contributed by atoms with Gasteiger partial charge in [0, 0.05) is 13.1 Å². The van der Waals surface area contributed by atoms with Gasteiger partial charge < -0.3 is 10.0 Å². The van der Waals surface area contributed by atoms with Crippen LogP contribution in [-0.4, -0.2) is 24.2 Å². The Balaban J connectivity index is 3.06. The van der Waals surface area contributed by atoms with Crippen LogP contribution >= 0.6 is 0 Å². The van der Waals surface area contributed by atoms with E-state index in [-0.39, 0.29) is 0 Å². The lowest BCUT2D eigenvalue weighted by molar-refractivity contribution is 0.0697. The highest BCUT2D eigenvalue weighted by Gasteiger charge is 2.13. The first-order valence-corrected chi connectivity index (χ1v) is 5.38. The van der Waals surface area contributed by atoms with E-state index in [0.717, 1.165) is 18.7 Å². The van der Waals surface area contributed by atoms with Gasteiger partial charge in [0.2, 0.25) is 0 Å². The maximum atomic E-state index is 11.1. The van der Waals surface area contributed by atoms with E-state index >= 15 is 0 Å². The van der Waals surface area contributed by atoms with Crippen LogP contribution in [0.3, 0.4) is 0 Å². The molecule has 1 aromatic rings. The Labute approximate surface area is 96.0 Å². The fourth-order valence-electron chi connectivity index (χ4n) is 1.67. The molecule has 86 valence electrons. The Morgan fingerprint density at radius 1 is 1.50 bits per heavy atom. The summed E-state index contributed by atoms with van der Waals surface area (Å²) >= 11 is 0. The molecule has 0 amide bonds. The van der Waals surface area contributed by atoms with Gasteiger partial charge in [-0.25, -0.2) is 4.79 Å². The van der Waals surface area contributed by atoms with Crippen LogP contribution in [0.25, 0.3) is 0 Å². The van der Waals surface area contributed by atoms with Crippen LogP contribution in [0.4, 0.5) is 5.69 Å². The van der Waals surface area contributed by atoms with Crippen LogP contribution in [0.1, 0.15) is 23.7 Å². The van der Waals surface area contributed by atoms with Crippen molar-refractivity contribution in [1.29, 1.82) is 0 Å². The minimum absolute atomic E-state index is 0.345. The summed E-state index contributed by atoms with van der Waals surface area (Å²) in [6.07, 6.45) is 2.76. The van der Waals surface area contributed by atoms with Gasteiger partial charge in [-0.2, -0.15) is 0 Å². The summed E-state index contributed by atoms with van der Waals surface area (Å²) < 4.78 is 0. The summed E-state index contributed by atoms with van der Waals surface area (Å²) in [4.78, 5) is 13.1. The van der Waals surface area contributed by atoms with Crippen molar-refractivity contribution >= 4 is 11.7 Å². The second kappa shape index (κ2) is 5.95. The van der Waals surface area contributed by atoms with Crippen LogP contribution < -0.4 is 4.90 Å². The van der Waals surface area contributed by atoms with Gasteiger partial charge in [0.15, 0.2) is 0 Å². The molecule has 3 nitrogen and oxygen atoms in total. The first-order valence-electron chi connectivity index (χ1n) is 5.38. The first kappa shape index (κ1) is 12.3. The topological polar surface area (TPSA) is 40.5 Å². The predicted octanol–water partition coefficient (Wildman–Crippen LogP) is 2.79. The molecule has 0 saturated heterocycles. The minimum Gasteiger partial charge on any atom is -0.478 e. The second-order valence-corrected chi connectivity index (χ2v) is 3.56. The van der Waals surface area contributed by atoms with Crippen molar-refractivity contribution in [3.63, 3.8) is 0 Å². The molecule has 0 bridgehead atoms. The van der Waals surface area contributed by atoms with E-state index in [0.29, 0.717) is 12.1 Å². The molecule has 0 radical (unpaired) electrons. The smallest absolute Gasteiger partial charge is 0.337 e. The summed E-state index contributed by atoms with van der Waals surface area (Å²) in [6.45, 7) is 7.26. The van der Waals surface area contributed by atoms with Crippen LogP contribution in [0, 0.1) is 0 Å². The van der Waals surface area contributed by atoms with Gasteiger partial charge in [-0.1, -0.05) is 25.1 Å². The Morgan fingerprint density at radius 3 is 2.75 bits per heavy atom. The predicted molar refractivity (Wildman–Crippen MR) is 66.1 cm³/mol. The molecule has 16 heavy (non-hydrogen) atoms. The summed E-state index contributed by atoms with van der Waals surface area (Å²) in [5, 5.41) is 9.10. The first-order chi connectivity index (χ1) is 7.70. The van der Waals surface area contributed by atoms with E-state index in [1.54, 1.807) is 18.2 Å². The van der Waals surface area contributed by atoms with Crippen LogP contribution in [0.15, 0.2) is 36.9 Å². The molecule has 0 atom stereocenters. The largest absolute Gasteiger partial charge is 0.478 e. The zero-order valence-corrected chi connectivity index (χ0v) is 9.52. The van der Waals surface area contributed by atoms with Crippen molar-refractivity contribution in [1.82, 2.24) is 0 Å². The monoisotopic (exact) mass is 219 g/mol. The normalized spacial score (nSPS) is 9.81. The Hall–Kier alpha value is -1.77. The third kappa shape index (κ3) is 2.86. The lowest BCUT2D eigenvalue weighted by Crippen LogP contribution is -2.25. The Kier molecular flexibility index (Phi) is 4.58. The van der Waals surface area contributed by atoms with Crippen molar-refractivity contribution < 1.29 is 9.90 Å². The van der Waals surface area contributed by atoms with Gasteiger partial charge in [-0.05, 0) is 18.6 Å². The third-order valence-electron chi connectivity index (χ3n) is 2.32. The summed E-state index contributed by atoms with van der Waals surface area (Å²) in [5.41, 5.74) is 1.11. The van der Waals surface area contributed by atoms with E-state index in [1.807, 2.05) is 17.0 Å². The quantitative estimate of drug-likeness (QED) is 0.748. The standard InChI is InChI=1S/C13H17NO2/c1-3-9-14(10-4-2)12-8-6-5-7-11(12)13(15)16/h3,5-8H,1,4,9-10H2,2H3,(H,15,16). The summed E-state index contributed by atoms with van der Waals surface area (Å²) in [7, 11) is 0. The number of carbonyl (C=O) groups is 1. The number of carboxylic acids is 1. The highest BCUT2D eigenvalue weighted by atomic mass is 16.4. The summed E-state index contributed by atoms with van der Waals surface area (Å²) in [5.74, 6) is -0.888. The fourth-order valence-corrected chi connectivity index (χ4v) is 1.67. The molecule has 0 saturated carbocycles. The Morgan fingerprint density at radius 2 is 2.19 bits per heavy atom. The molecule has 1 aromatic carbocycles. The number of benzene rings is 1. The maximum Gasteiger partial charge on any atom is 0.337 e. The average molecular weight is 219 g/mol. The second-order valence-electron chi connectivity index (χ2n) is 3.56. The molecule has 0 aliphatic rings. The molecule has 3 heteroatoms. The van der Waals surface area contributed by atoms with Gasteiger partial charge in [0.25, 0.3) is 0 Å². The highest BCUT2D eigenvalue weighted by Crippen LogP contribution is 2.20. The number of aromatic carboxylic acids is 1. The van der Waals surface area contributed by atoms with Crippen molar-refractivity contribution in [3.05, 3.63) is 42.5 Å². The fraction of sp³-hybridized carbons (Fsp3) is 0.308. The minimum atomic E-state index is -0.888. The van der Waals surface area contributed by atoms with E-state index in [1.165, 1.54) is 0 Å². The molecule has 1 rings (SSSR count). The summed E-state index contributed by atoms with van der Waals surface area (Å²) in [6, 6.07) is 7.06. The Bertz CT molecular complexity index is 374. The van der Waals surface area contributed by atoms with Gasteiger partial charge in [-0.15, -0.1) is 6.58 Å². The molecule has 0 spiro atoms. The lowest BCUT2D eigenvalue weighted by atomic mass is 10.1. The number of nitrogens with zero attached hydrogens (tertiary/aromatic N) is 1. The van der Waals surface area contributed by atoms with Crippen molar-refractivity contribution in [2.75, 3.05) is 18.0 Å². The number of hydrogen-bond acceptors (Lipinski definition) is 2. The number of rotatable bonds is 6. The maximum absolute atomic E-state index is 11.1. The van der Waals surface area contributed by atoms with Crippen molar-refractivity contribution in [2.24, 2.45) is 0 Å². The third-order valence-corrected chi connectivity index (χ3v) is 2.32. The number of anilines is 1. The van der Waals surface area contributed by atoms with E-state index in [4.69, 9.17) is 5.11 Å².